The van der Waals surface area contributed by atoms with E-state index in [1.165, 1.54) is 6.07 Å². The Morgan fingerprint density at radius 3 is 2.38 bits per heavy atom. The number of likely N-dealkylation sites (tertiary alicyclic amines) is 1. The van der Waals surface area contributed by atoms with Gasteiger partial charge in [-0.3, -0.25) is 9.62 Å². The molecule has 0 amide bonds. The van der Waals surface area contributed by atoms with Crippen LogP contribution in [0, 0.1) is 24.6 Å². The minimum absolute atomic E-state index is 0.114. The van der Waals surface area contributed by atoms with Crippen LogP contribution in [0.2, 0.25) is 0 Å². The van der Waals surface area contributed by atoms with Crippen molar-refractivity contribution in [3.05, 3.63) is 77.6 Å². The molecule has 0 radical (unpaired) electrons. The molecule has 0 unspecified atom stereocenters. The quantitative estimate of drug-likeness (QED) is 0.530. The Morgan fingerprint density at radius 1 is 1.00 bits per heavy atom. The maximum atomic E-state index is 13.5. The van der Waals surface area contributed by atoms with Gasteiger partial charge in [-0.15, -0.1) is 10.2 Å². The third-order valence-electron chi connectivity index (χ3n) is 6.75. The lowest BCUT2D eigenvalue weighted by molar-refractivity contribution is 0.301. The van der Waals surface area contributed by atoms with Gasteiger partial charge in [0, 0.05) is 31.4 Å². The summed E-state index contributed by atoms with van der Waals surface area (Å²) in [5.41, 5.74) is 2.32. The number of fused-ring (bicyclic) bond motifs is 1. The maximum absolute atomic E-state index is 13.5. The molecule has 5 rings (SSSR count). The lowest BCUT2D eigenvalue weighted by atomic mass is 10.0. The van der Waals surface area contributed by atoms with E-state index in [1.807, 2.05) is 18.2 Å². The number of nitrogens with zero attached hydrogens (tertiary/aromatic N) is 3. The molecule has 2 N–H and O–H groups in total. The zero-order valence-corrected chi connectivity index (χ0v) is 19.8. The zero-order chi connectivity index (χ0) is 23.7. The van der Waals surface area contributed by atoms with E-state index in [0.29, 0.717) is 34.9 Å². The van der Waals surface area contributed by atoms with Gasteiger partial charge in [-0.25, -0.2) is 4.39 Å². The number of aryl methyl sites for hydroxylation is 1. The summed E-state index contributed by atoms with van der Waals surface area (Å²) in [5, 5.41) is 11.4. The number of hydrogen-bond acceptors (Lipinski definition) is 6. The Morgan fingerprint density at radius 2 is 1.74 bits per heavy atom. The second-order valence-electron chi connectivity index (χ2n) is 9.34. The number of aromatic nitrogens is 2. The summed E-state index contributed by atoms with van der Waals surface area (Å²) in [6, 6.07) is 17.5. The predicted octanol–water partition coefficient (Wildman–Crippen LogP) is 4.05. The Balaban J connectivity index is 1.14. The van der Waals surface area contributed by atoms with Crippen molar-refractivity contribution < 1.29 is 12.8 Å². The summed E-state index contributed by atoms with van der Waals surface area (Å²) < 4.78 is 41.1. The third kappa shape index (κ3) is 5.05. The van der Waals surface area contributed by atoms with Crippen molar-refractivity contribution in [3.8, 4) is 0 Å². The molecule has 1 aliphatic heterocycles. The number of benzene rings is 2. The van der Waals surface area contributed by atoms with Crippen molar-refractivity contribution in [3.63, 3.8) is 0 Å². The van der Waals surface area contributed by atoms with Crippen molar-refractivity contribution >= 4 is 21.5 Å². The van der Waals surface area contributed by atoms with Crippen molar-refractivity contribution in [2.24, 2.45) is 11.8 Å². The topological polar surface area (TPSA) is 87.2 Å². The first kappa shape index (κ1) is 22.7. The number of sulfonamides is 1. The molecule has 1 saturated carbocycles. The monoisotopic (exact) mass is 481 g/mol. The molecule has 2 aliphatic rings. The molecule has 2 fully saturated rings. The van der Waals surface area contributed by atoms with E-state index in [2.05, 4.69) is 25.1 Å². The van der Waals surface area contributed by atoms with Crippen LogP contribution in [0.4, 0.5) is 15.9 Å². The maximum Gasteiger partial charge on any atom is 0.281 e. The number of halogens is 1. The highest BCUT2D eigenvalue weighted by Crippen LogP contribution is 2.39. The molecule has 9 heteroatoms. The second-order valence-corrected chi connectivity index (χ2v) is 11.0. The van der Waals surface area contributed by atoms with Gasteiger partial charge in [0.25, 0.3) is 10.0 Å². The number of anilines is 2. The van der Waals surface area contributed by atoms with Gasteiger partial charge in [-0.1, -0.05) is 30.3 Å². The van der Waals surface area contributed by atoms with E-state index >= 15 is 0 Å². The first-order valence-electron chi connectivity index (χ1n) is 11.5. The summed E-state index contributed by atoms with van der Waals surface area (Å²) in [7, 11) is -3.78. The molecule has 1 saturated heterocycles. The van der Waals surface area contributed by atoms with Crippen LogP contribution in [0.15, 0.2) is 65.7 Å². The highest BCUT2D eigenvalue weighted by Gasteiger charge is 2.40. The molecule has 0 spiro atoms. The van der Waals surface area contributed by atoms with Crippen LogP contribution in [-0.2, 0) is 16.6 Å². The van der Waals surface area contributed by atoms with Gasteiger partial charge in [-0.2, -0.15) is 8.42 Å². The summed E-state index contributed by atoms with van der Waals surface area (Å²) in [6.07, 6.45) is 2.09. The fraction of sp³-hybridized carbons (Fsp3) is 0.360. The molecule has 1 aliphatic carbocycles. The average molecular weight is 482 g/mol. The minimum atomic E-state index is -3.78. The van der Waals surface area contributed by atoms with Gasteiger partial charge < -0.3 is 5.32 Å². The average Bonchev–Trinajstić information content (AvgIpc) is 3.35. The molecular weight excluding hydrogens is 453 g/mol. The lowest BCUT2D eigenvalue weighted by Crippen LogP contribution is -2.25. The number of rotatable bonds is 7. The van der Waals surface area contributed by atoms with Crippen LogP contribution in [0.5, 0.6) is 0 Å². The van der Waals surface area contributed by atoms with Crippen LogP contribution in [0.25, 0.3) is 0 Å². The molecule has 3 aromatic rings. The standard InChI is InChI=1S/C25H28FN5O2S/c1-17-11-18(7-8-23(17)26)14-31-15-19-12-22(13-20(19)16-31)27-24-9-10-25(29-28-24)34(32,33)30-21-5-3-2-4-6-21/h2-11,19-20,22,30H,12-16H2,1H3,(H,27,28)/t19-,20+,22-. The van der Waals surface area contributed by atoms with Gasteiger partial charge in [0.05, 0.1) is 0 Å². The Hall–Kier alpha value is -3.04. The van der Waals surface area contributed by atoms with Gasteiger partial charge in [0.15, 0.2) is 5.03 Å². The van der Waals surface area contributed by atoms with E-state index in [-0.39, 0.29) is 10.8 Å². The van der Waals surface area contributed by atoms with Crippen molar-refractivity contribution in [1.82, 2.24) is 15.1 Å². The van der Waals surface area contributed by atoms with E-state index in [4.69, 9.17) is 0 Å². The Bertz CT molecular complexity index is 1240. The molecule has 34 heavy (non-hydrogen) atoms. The molecule has 2 heterocycles. The van der Waals surface area contributed by atoms with Gasteiger partial charge >= 0.3 is 0 Å². The normalized spacial score (nSPS) is 22.5. The van der Waals surface area contributed by atoms with E-state index in [0.717, 1.165) is 38.0 Å². The van der Waals surface area contributed by atoms with Crippen LogP contribution >= 0.6 is 0 Å². The fourth-order valence-electron chi connectivity index (χ4n) is 5.17. The smallest absolute Gasteiger partial charge is 0.281 e. The first-order chi connectivity index (χ1) is 16.4. The van der Waals surface area contributed by atoms with E-state index < -0.39 is 10.0 Å². The number of para-hydroxylation sites is 1. The van der Waals surface area contributed by atoms with Crippen molar-refractivity contribution in [1.29, 1.82) is 0 Å². The largest absolute Gasteiger partial charge is 0.366 e. The van der Waals surface area contributed by atoms with E-state index in [9.17, 15) is 12.8 Å². The zero-order valence-electron chi connectivity index (χ0n) is 19.0. The summed E-state index contributed by atoms with van der Waals surface area (Å²) in [4.78, 5) is 2.46. The van der Waals surface area contributed by atoms with Crippen molar-refractivity contribution in [2.45, 2.75) is 37.4 Å². The summed E-state index contributed by atoms with van der Waals surface area (Å²) >= 11 is 0. The molecule has 2 aromatic carbocycles. The van der Waals surface area contributed by atoms with E-state index in [1.54, 1.807) is 43.3 Å². The molecular formula is C25H28FN5O2S. The fourth-order valence-corrected chi connectivity index (χ4v) is 6.12. The Labute approximate surface area is 199 Å². The van der Waals surface area contributed by atoms with Crippen LogP contribution in [0.1, 0.15) is 24.0 Å². The van der Waals surface area contributed by atoms with Crippen molar-refractivity contribution in [2.75, 3.05) is 23.1 Å². The third-order valence-corrected chi connectivity index (χ3v) is 8.02. The van der Waals surface area contributed by atoms with Gasteiger partial charge in [0.1, 0.15) is 11.6 Å². The molecule has 0 bridgehead atoms. The predicted molar refractivity (Wildman–Crippen MR) is 129 cm³/mol. The Kier molecular flexibility index (Phi) is 6.22. The van der Waals surface area contributed by atoms with Gasteiger partial charge in [0.2, 0.25) is 0 Å². The van der Waals surface area contributed by atoms with Crippen LogP contribution in [0.3, 0.4) is 0 Å². The first-order valence-corrected chi connectivity index (χ1v) is 13.0. The number of nitrogens with one attached hydrogen (secondary N) is 2. The number of hydrogen-bond donors (Lipinski definition) is 2. The van der Waals surface area contributed by atoms with Gasteiger partial charge in [-0.05, 0) is 73.1 Å². The SMILES string of the molecule is Cc1cc(CN2C[C@H]3C[C@@H](Nc4ccc(S(=O)(=O)Nc5ccccc5)nn4)C[C@H]3C2)ccc1F. The highest BCUT2D eigenvalue weighted by molar-refractivity contribution is 7.92. The molecule has 3 atom stereocenters. The van der Waals surface area contributed by atoms with Crippen LogP contribution < -0.4 is 10.0 Å². The van der Waals surface area contributed by atoms with Crippen LogP contribution in [-0.4, -0.2) is 42.6 Å². The summed E-state index contributed by atoms with van der Waals surface area (Å²) in [6.45, 7) is 4.73. The molecule has 178 valence electrons. The molecule has 1 aromatic heterocycles. The highest BCUT2D eigenvalue weighted by atomic mass is 32.2. The molecule has 7 nitrogen and oxygen atoms in total. The summed E-state index contributed by atoms with van der Waals surface area (Å²) in [5.74, 6) is 1.66. The lowest BCUT2D eigenvalue weighted by Gasteiger charge is -2.20. The minimum Gasteiger partial charge on any atom is -0.366 e. The second kappa shape index (κ2) is 9.31.